The van der Waals surface area contributed by atoms with Crippen LogP contribution in [0, 0.1) is 0 Å². The maximum absolute atomic E-state index is 12.4. The molecule has 0 aliphatic heterocycles. The van der Waals surface area contributed by atoms with E-state index < -0.39 is 12.8 Å². The molecule has 2 aromatic rings. The van der Waals surface area contributed by atoms with Crippen molar-refractivity contribution in [2.45, 2.75) is 19.3 Å². The predicted molar refractivity (Wildman–Crippen MR) is 102 cm³/mol. The molecule has 0 fully saturated rings. The summed E-state index contributed by atoms with van der Waals surface area (Å²) in [5, 5.41) is 6.15. The first-order valence-corrected chi connectivity index (χ1v) is 8.65. The number of alkyl halides is 3. The monoisotopic (exact) mass is 412 g/mol. The number of benzene rings is 1. The molecule has 0 radical (unpaired) electrons. The quantitative estimate of drug-likeness (QED) is 0.513. The molecule has 1 aromatic carbocycles. The lowest BCUT2D eigenvalue weighted by Crippen LogP contribution is -2.36. The first-order valence-electron chi connectivity index (χ1n) is 8.65. The minimum Gasteiger partial charge on any atom is -0.493 e. The van der Waals surface area contributed by atoms with Crippen molar-refractivity contribution in [2.75, 3.05) is 27.9 Å². The van der Waals surface area contributed by atoms with Crippen LogP contribution in [0.1, 0.15) is 11.1 Å². The molecule has 0 atom stereocenters. The van der Waals surface area contributed by atoms with E-state index in [4.69, 9.17) is 14.2 Å². The number of halogens is 3. The summed E-state index contributed by atoms with van der Waals surface area (Å²) in [6.07, 6.45) is -3.06. The third-order valence-electron chi connectivity index (χ3n) is 3.80. The highest BCUT2D eigenvalue weighted by Gasteiger charge is 2.29. The fourth-order valence-electron chi connectivity index (χ4n) is 2.41. The zero-order chi connectivity index (χ0) is 21.3. The molecule has 2 rings (SSSR count). The van der Waals surface area contributed by atoms with Gasteiger partial charge < -0.3 is 24.8 Å². The normalized spacial score (nSPS) is 11.7. The van der Waals surface area contributed by atoms with Crippen molar-refractivity contribution < 1.29 is 27.4 Å². The summed E-state index contributed by atoms with van der Waals surface area (Å²) in [7, 11) is 4.71. The molecule has 0 aliphatic rings. The predicted octanol–water partition coefficient (Wildman–Crippen LogP) is 2.91. The summed E-state index contributed by atoms with van der Waals surface area (Å²) in [4.78, 5) is 7.97. The molecule has 0 unspecified atom stereocenters. The number of methoxy groups -OCH3 is 2. The number of guanidine groups is 1. The molecule has 10 heteroatoms. The second kappa shape index (κ2) is 10.4. The highest BCUT2D eigenvalue weighted by molar-refractivity contribution is 5.79. The number of ether oxygens (including phenoxy) is 3. The van der Waals surface area contributed by atoms with Gasteiger partial charge in [-0.15, -0.1) is 0 Å². The van der Waals surface area contributed by atoms with Gasteiger partial charge >= 0.3 is 6.18 Å². The Morgan fingerprint density at radius 1 is 1.07 bits per heavy atom. The van der Waals surface area contributed by atoms with Gasteiger partial charge in [-0.25, -0.2) is 4.98 Å². The number of hydrogen-bond acceptors (Lipinski definition) is 5. The summed E-state index contributed by atoms with van der Waals surface area (Å²) in [5.74, 6) is 1.62. The van der Waals surface area contributed by atoms with Crippen LogP contribution in [0.25, 0.3) is 0 Å². The van der Waals surface area contributed by atoms with Gasteiger partial charge in [0.2, 0.25) is 5.88 Å². The van der Waals surface area contributed by atoms with Crippen LogP contribution in [0.2, 0.25) is 0 Å². The molecule has 0 spiro atoms. The Morgan fingerprint density at radius 2 is 1.79 bits per heavy atom. The van der Waals surface area contributed by atoms with Crippen molar-refractivity contribution in [3.05, 3.63) is 47.7 Å². The Bertz CT molecular complexity index is 829. The number of rotatable bonds is 8. The Hall–Kier alpha value is -3.17. The fourth-order valence-corrected chi connectivity index (χ4v) is 2.41. The maximum atomic E-state index is 12.4. The van der Waals surface area contributed by atoms with Crippen LogP contribution < -0.4 is 24.8 Å². The summed E-state index contributed by atoms with van der Waals surface area (Å²) < 4.78 is 52.4. The van der Waals surface area contributed by atoms with Gasteiger partial charge in [0.25, 0.3) is 0 Å². The standard InChI is InChI=1S/C19H23F3N4O3/c1-23-18(25-10-13-6-7-15(27-2)16(9-13)28-3)26-11-14-5-4-8-24-17(14)29-12-19(20,21)22/h4-9H,10-12H2,1-3H3,(H2,23,25,26). The number of aliphatic imine (C=N–C) groups is 1. The van der Waals surface area contributed by atoms with Crippen LogP contribution in [-0.4, -0.2) is 45.0 Å². The van der Waals surface area contributed by atoms with E-state index in [0.717, 1.165) is 5.56 Å². The van der Waals surface area contributed by atoms with Crippen LogP contribution in [0.4, 0.5) is 13.2 Å². The molecule has 1 aromatic heterocycles. The summed E-state index contributed by atoms with van der Waals surface area (Å²) in [6, 6.07) is 8.77. The Balaban J connectivity index is 1.95. The molecule has 29 heavy (non-hydrogen) atoms. The second-order valence-electron chi connectivity index (χ2n) is 5.84. The van der Waals surface area contributed by atoms with Crippen molar-refractivity contribution in [3.63, 3.8) is 0 Å². The largest absolute Gasteiger partial charge is 0.493 e. The molecule has 2 N–H and O–H groups in total. The molecule has 0 aliphatic carbocycles. The van der Waals surface area contributed by atoms with E-state index in [2.05, 4.69) is 20.6 Å². The smallest absolute Gasteiger partial charge is 0.422 e. The Kier molecular flexibility index (Phi) is 7.93. The number of hydrogen-bond donors (Lipinski definition) is 2. The number of nitrogens with one attached hydrogen (secondary N) is 2. The van der Waals surface area contributed by atoms with Crippen molar-refractivity contribution in [1.82, 2.24) is 15.6 Å². The van der Waals surface area contributed by atoms with E-state index in [1.54, 1.807) is 39.5 Å². The van der Waals surface area contributed by atoms with Gasteiger partial charge in [0.15, 0.2) is 24.1 Å². The average molecular weight is 412 g/mol. The van der Waals surface area contributed by atoms with Crippen molar-refractivity contribution in [1.29, 1.82) is 0 Å². The SMILES string of the molecule is CN=C(NCc1ccc(OC)c(OC)c1)NCc1cccnc1OCC(F)(F)F. The van der Waals surface area contributed by atoms with E-state index in [0.29, 0.717) is 29.6 Å². The van der Waals surface area contributed by atoms with Crippen molar-refractivity contribution in [2.24, 2.45) is 4.99 Å². The molecular formula is C19H23F3N4O3. The topological polar surface area (TPSA) is 77.0 Å². The van der Waals surface area contributed by atoms with Crippen LogP contribution in [-0.2, 0) is 13.1 Å². The number of pyridine rings is 1. The lowest BCUT2D eigenvalue weighted by molar-refractivity contribution is -0.154. The minimum atomic E-state index is -4.43. The first kappa shape index (κ1) is 22.1. The second-order valence-corrected chi connectivity index (χ2v) is 5.84. The zero-order valence-corrected chi connectivity index (χ0v) is 16.3. The van der Waals surface area contributed by atoms with Gasteiger partial charge in [0.1, 0.15) is 0 Å². The van der Waals surface area contributed by atoms with E-state index >= 15 is 0 Å². The van der Waals surface area contributed by atoms with Gasteiger partial charge in [-0.1, -0.05) is 12.1 Å². The molecule has 0 amide bonds. The van der Waals surface area contributed by atoms with E-state index in [1.807, 2.05) is 12.1 Å². The lowest BCUT2D eigenvalue weighted by atomic mass is 10.2. The first-order chi connectivity index (χ1) is 13.9. The lowest BCUT2D eigenvalue weighted by Gasteiger charge is -2.15. The van der Waals surface area contributed by atoms with Crippen LogP contribution in [0.5, 0.6) is 17.4 Å². The zero-order valence-electron chi connectivity index (χ0n) is 16.3. The third-order valence-corrected chi connectivity index (χ3v) is 3.80. The maximum Gasteiger partial charge on any atom is 0.422 e. The molecule has 0 bridgehead atoms. The van der Waals surface area contributed by atoms with Crippen LogP contribution in [0.15, 0.2) is 41.5 Å². The molecule has 158 valence electrons. The molecule has 0 saturated heterocycles. The van der Waals surface area contributed by atoms with E-state index in [-0.39, 0.29) is 12.4 Å². The average Bonchev–Trinajstić information content (AvgIpc) is 2.72. The highest BCUT2D eigenvalue weighted by atomic mass is 19.4. The Morgan fingerprint density at radius 3 is 2.45 bits per heavy atom. The van der Waals surface area contributed by atoms with Gasteiger partial charge in [-0.05, 0) is 23.8 Å². The molecule has 1 heterocycles. The van der Waals surface area contributed by atoms with Crippen molar-refractivity contribution in [3.8, 4) is 17.4 Å². The van der Waals surface area contributed by atoms with Crippen LogP contribution >= 0.6 is 0 Å². The van der Waals surface area contributed by atoms with Gasteiger partial charge in [0, 0.05) is 31.9 Å². The third kappa shape index (κ3) is 7.05. The molecular weight excluding hydrogens is 389 g/mol. The number of aromatic nitrogens is 1. The minimum absolute atomic E-state index is 0.0762. The van der Waals surface area contributed by atoms with Gasteiger partial charge in [0.05, 0.1) is 14.2 Å². The molecule has 7 nitrogen and oxygen atoms in total. The van der Waals surface area contributed by atoms with Gasteiger partial charge in [-0.2, -0.15) is 13.2 Å². The Labute approximate surface area is 166 Å². The number of nitrogens with zero attached hydrogens (tertiary/aromatic N) is 2. The summed E-state index contributed by atoms with van der Waals surface area (Å²) in [6.45, 7) is -0.763. The van der Waals surface area contributed by atoms with Crippen LogP contribution in [0.3, 0.4) is 0 Å². The van der Waals surface area contributed by atoms with Crippen molar-refractivity contribution >= 4 is 5.96 Å². The fraction of sp³-hybridized carbons (Fsp3) is 0.368. The molecule has 0 saturated carbocycles. The highest BCUT2D eigenvalue weighted by Crippen LogP contribution is 2.27. The van der Waals surface area contributed by atoms with Gasteiger partial charge in [-0.3, -0.25) is 4.99 Å². The summed E-state index contributed by atoms with van der Waals surface area (Å²) in [5.41, 5.74) is 1.41. The van der Waals surface area contributed by atoms with E-state index in [1.165, 1.54) is 6.20 Å². The summed E-state index contributed by atoms with van der Waals surface area (Å²) >= 11 is 0. The van der Waals surface area contributed by atoms with E-state index in [9.17, 15) is 13.2 Å².